The van der Waals surface area contributed by atoms with Crippen molar-refractivity contribution >= 4 is 15.9 Å². The molecule has 0 aliphatic rings. The lowest BCUT2D eigenvalue weighted by atomic mass is 9.97. The molecule has 2 rings (SSSR count). The third kappa shape index (κ3) is 2.85. The molecule has 20 heavy (non-hydrogen) atoms. The quantitative estimate of drug-likeness (QED) is 0.663. The summed E-state index contributed by atoms with van der Waals surface area (Å²) in [4.78, 5) is 0. The maximum absolute atomic E-state index is 14.2. The molecule has 0 aliphatic carbocycles. The van der Waals surface area contributed by atoms with E-state index in [2.05, 4.69) is 21.4 Å². The van der Waals surface area contributed by atoms with Crippen molar-refractivity contribution in [1.29, 1.82) is 0 Å². The summed E-state index contributed by atoms with van der Waals surface area (Å²) in [7, 11) is 1.61. The number of nitrogens with two attached hydrogens (primary N) is 1. The van der Waals surface area contributed by atoms with Gasteiger partial charge in [-0.25, -0.2) is 9.82 Å². The number of hydrogen-bond donors (Lipinski definition) is 2. The van der Waals surface area contributed by atoms with Crippen LogP contribution in [0, 0.1) is 12.7 Å². The fourth-order valence-corrected chi connectivity index (χ4v) is 2.51. The van der Waals surface area contributed by atoms with Gasteiger partial charge in [0.1, 0.15) is 11.6 Å². The van der Waals surface area contributed by atoms with E-state index in [0.29, 0.717) is 10.0 Å². The number of aryl methyl sites for hydroxylation is 1. The van der Waals surface area contributed by atoms with Gasteiger partial charge in [0.15, 0.2) is 0 Å². The van der Waals surface area contributed by atoms with Crippen LogP contribution < -0.4 is 16.0 Å². The van der Waals surface area contributed by atoms with Gasteiger partial charge < -0.3 is 4.74 Å². The highest BCUT2D eigenvalue weighted by molar-refractivity contribution is 9.10. The van der Waals surface area contributed by atoms with Gasteiger partial charge in [-0.2, -0.15) is 0 Å². The van der Waals surface area contributed by atoms with Crippen LogP contribution in [0.25, 0.3) is 0 Å². The fourth-order valence-electron chi connectivity index (χ4n) is 2.13. The molecule has 0 aromatic heterocycles. The Morgan fingerprint density at radius 1 is 1.30 bits per heavy atom. The van der Waals surface area contributed by atoms with Crippen LogP contribution in [0.15, 0.2) is 40.9 Å². The number of benzene rings is 2. The van der Waals surface area contributed by atoms with Gasteiger partial charge in [0, 0.05) is 5.56 Å². The van der Waals surface area contributed by atoms with Crippen molar-refractivity contribution in [3.05, 3.63) is 63.4 Å². The predicted octanol–water partition coefficient (Wildman–Crippen LogP) is 3.46. The normalized spacial score (nSPS) is 12.2. The van der Waals surface area contributed by atoms with Crippen molar-refractivity contribution in [2.24, 2.45) is 5.84 Å². The molecule has 1 atom stereocenters. The second-order valence-electron chi connectivity index (χ2n) is 4.47. The summed E-state index contributed by atoms with van der Waals surface area (Å²) in [6, 6.07) is 10.4. The van der Waals surface area contributed by atoms with E-state index in [1.807, 2.05) is 25.1 Å². The molecule has 0 bridgehead atoms. The van der Waals surface area contributed by atoms with E-state index in [1.54, 1.807) is 25.3 Å². The van der Waals surface area contributed by atoms with Crippen LogP contribution >= 0.6 is 15.9 Å². The molecule has 0 spiro atoms. The van der Waals surface area contributed by atoms with Crippen LogP contribution in [0.1, 0.15) is 22.7 Å². The Morgan fingerprint density at radius 3 is 2.70 bits per heavy atom. The Bertz CT molecular complexity index is 619. The van der Waals surface area contributed by atoms with E-state index in [9.17, 15) is 4.39 Å². The number of rotatable bonds is 4. The Morgan fingerprint density at radius 2 is 2.05 bits per heavy atom. The minimum atomic E-state index is -0.443. The van der Waals surface area contributed by atoms with Gasteiger partial charge >= 0.3 is 0 Å². The molecular weight excluding hydrogens is 323 g/mol. The SMILES string of the molecule is COc1cc(C(NN)c2cccc(Br)c2F)ccc1C. The van der Waals surface area contributed by atoms with Gasteiger partial charge in [0.05, 0.1) is 17.6 Å². The first-order valence-electron chi connectivity index (χ1n) is 6.13. The molecule has 2 aromatic carbocycles. The minimum Gasteiger partial charge on any atom is -0.496 e. The number of hydrazine groups is 1. The second kappa shape index (κ2) is 6.35. The second-order valence-corrected chi connectivity index (χ2v) is 5.33. The molecule has 106 valence electrons. The van der Waals surface area contributed by atoms with Crippen LogP contribution in [0.2, 0.25) is 0 Å². The Hall–Kier alpha value is -1.43. The summed E-state index contributed by atoms with van der Waals surface area (Å²) in [6.07, 6.45) is 0. The van der Waals surface area contributed by atoms with Crippen molar-refractivity contribution in [2.45, 2.75) is 13.0 Å². The standard InChI is InChI=1S/C15H16BrFN2O/c1-9-6-7-10(8-13(9)20-2)15(19-18)11-4-3-5-12(16)14(11)17/h3-8,15,19H,18H2,1-2H3. The van der Waals surface area contributed by atoms with E-state index in [-0.39, 0.29) is 5.82 Å². The van der Waals surface area contributed by atoms with E-state index >= 15 is 0 Å². The lowest BCUT2D eigenvalue weighted by molar-refractivity contribution is 0.410. The van der Waals surface area contributed by atoms with Crippen LogP contribution in [-0.2, 0) is 0 Å². The predicted molar refractivity (Wildman–Crippen MR) is 81.0 cm³/mol. The monoisotopic (exact) mass is 338 g/mol. The summed E-state index contributed by atoms with van der Waals surface area (Å²) in [5.74, 6) is 6.04. The topological polar surface area (TPSA) is 47.3 Å². The number of ether oxygens (including phenoxy) is 1. The molecule has 0 saturated carbocycles. The van der Waals surface area contributed by atoms with Gasteiger partial charge in [0.25, 0.3) is 0 Å². The van der Waals surface area contributed by atoms with Crippen molar-refractivity contribution in [3.8, 4) is 5.75 Å². The van der Waals surface area contributed by atoms with E-state index in [1.165, 1.54) is 0 Å². The van der Waals surface area contributed by atoms with E-state index in [4.69, 9.17) is 10.6 Å². The molecule has 0 amide bonds. The lowest BCUT2D eigenvalue weighted by Gasteiger charge is -2.19. The fraction of sp³-hybridized carbons (Fsp3) is 0.200. The maximum atomic E-state index is 14.2. The first kappa shape index (κ1) is 15.0. The average Bonchev–Trinajstić information content (AvgIpc) is 2.45. The summed E-state index contributed by atoms with van der Waals surface area (Å²) in [6.45, 7) is 1.95. The first-order valence-corrected chi connectivity index (χ1v) is 6.92. The smallest absolute Gasteiger partial charge is 0.142 e. The molecule has 0 aliphatic heterocycles. The minimum absolute atomic E-state index is 0.324. The zero-order valence-corrected chi connectivity index (χ0v) is 12.9. The van der Waals surface area contributed by atoms with Gasteiger partial charge in [-0.3, -0.25) is 5.84 Å². The zero-order valence-electron chi connectivity index (χ0n) is 11.3. The highest BCUT2D eigenvalue weighted by Gasteiger charge is 2.19. The van der Waals surface area contributed by atoms with Crippen molar-refractivity contribution in [3.63, 3.8) is 0 Å². The molecule has 3 nitrogen and oxygen atoms in total. The summed E-state index contributed by atoms with van der Waals surface area (Å²) < 4.78 is 19.9. The maximum Gasteiger partial charge on any atom is 0.142 e. The van der Waals surface area contributed by atoms with Crippen LogP contribution in [-0.4, -0.2) is 7.11 Å². The molecule has 0 fully saturated rings. The zero-order chi connectivity index (χ0) is 14.7. The number of hydrogen-bond acceptors (Lipinski definition) is 3. The van der Waals surface area contributed by atoms with E-state index < -0.39 is 6.04 Å². The summed E-state index contributed by atoms with van der Waals surface area (Å²) in [5, 5.41) is 0. The van der Waals surface area contributed by atoms with Gasteiger partial charge in [-0.1, -0.05) is 24.3 Å². The third-order valence-corrected chi connectivity index (χ3v) is 3.84. The molecule has 3 N–H and O–H groups in total. The highest BCUT2D eigenvalue weighted by Crippen LogP contribution is 2.30. The Labute approximate surface area is 126 Å². The molecule has 0 heterocycles. The van der Waals surface area contributed by atoms with Crippen molar-refractivity contribution < 1.29 is 9.13 Å². The number of nitrogens with one attached hydrogen (secondary N) is 1. The van der Waals surface area contributed by atoms with Gasteiger partial charge in [-0.15, -0.1) is 0 Å². The van der Waals surface area contributed by atoms with Gasteiger partial charge in [0.2, 0.25) is 0 Å². The first-order chi connectivity index (χ1) is 9.58. The number of methoxy groups -OCH3 is 1. The molecular formula is C15H16BrFN2O. The summed E-state index contributed by atoms with van der Waals surface area (Å²) >= 11 is 3.19. The average molecular weight is 339 g/mol. The van der Waals surface area contributed by atoms with Gasteiger partial charge in [-0.05, 0) is 46.1 Å². The van der Waals surface area contributed by atoms with Crippen LogP contribution in [0.4, 0.5) is 4.39 Å². The Balaban J connectivity index is 2.49. The summed E-state index contributed by atoms with van der Waals surface area (Å²) in [5.41, 5.74) is 4.99. The largest absolute Gasteiger partial charge is 0.496 e. The third-order valence-electron chi connectivity index (χ3n) is 3.22. The molecule has 0 saturated heterocycles. The molecule has 2 aromatic rings. The molecule has 5 heteroatoms. The van der Waals surface area contributed by atoms with Crippen molar-refractivity contribution in [1.82, 2.24) is 5.43 Å². The Kier molecular flexibility index (Phi) is 4.75. The lowest BCUT2D eigenvalue weighted by Crippen LogP contribution is -2.29. The molecule has 1 unspecified atom stereocenters. The van der Waals surface area contributed by atoms with Crippen LogP contribution in [0.3, 0.4) is 0 Å². The molecule has 0 radical (unpaired) electrons. The number of halogens is 2. The highest BCUT2D eigenvalue weighted by atomic mass is 79.9. The van der Waals surface area contributed by atoms with Crippen molar-refractivity contribution in [2.75, 3.05) is 7.11 Å². The van der Waals surface area contributed by atoms with Crippen LogP contribution in [0.5, 0.6) is 5.75 Å². The van der Waals surface area contributed by atoms with E-state index in [0.717, 1.165) is 16.9 Å².